The van der Waals surface area contributed by atoms with Gasteiger partial charge in [0.2, 0.25) is 0 Å². The lowest BCUT2D eigenvalue weighted by Gasteiger charge is -2.14. The van der Waals surface area contributed by atoms with Gasteiger partial charge in [-0.05, 0) is 43.7 Å². The van der Waals surface area contributed by atoms with Crippen LogP contribution >= 0.6 is 0 Å². The number of aliphatic hydroxyl groups is 1. The molecule has 1 N–H and O–H groups in total. The summed E-state index contributed by atoms with van der Waals surface area (Å²) in [5.74, 6) is 0.759. The summed E-state index contributed by atoms with van der Waals surface area (Å²) in [4.78, 5) is 3.98. The normalized spacial score (nSPS) is 12.2. The Bertz CT molecular complexity index is 524. The van der Waals surface area contributed by atoms with Gasteiger partial charge in [-0.3, -0.25) is 4.98 Å². The van der Waals surface area contributed by atoms with Crippen LogP contribution in [-0.4, -0.2) is 16.7 Å². The molecule has 0 saturated heterocycles. The lowest BCUT2D eigenvalue weighted by Crippen LogP contribution is -2.05. The van der Waals surface area contributed by atoms with Crippen LogP contribution < -0.4 is 4.74 Å². The van der Waals surface area contributed by atoms with Crippen LogP contribution in [0, 0.1) is 6.92 Å². The monoisotopic (exact) mass is 257 g/mol. The Morgan fingerprint density at radius 1 is 1.21 bits per heavy atom. The van der Waals surface area contributed by atoms with E-state index < -0.39 is 6.10 Å². The molecule has 2 rings (SSSR count). The average Bonchev–Trinajstić information content (AvgIpc) is 2.41. The third-order valence-corrected chi connectivity index (χ3v) is 3.01. The zero-order valence-corrected chi connectivity index (χ0v) is 11.3. The van der Waals surface area contributed by atoms with Gasteiger partial charge in [-0.2, -0.15) is 0 Å². The number of aromatic nitrogens is 1. The van der Waals surface area contributed by atoms with Crippen molar-refractivity contribution in [2.75, 3.05) is 6.61 Å². The van der Waals surface area contributed by atoms with Crippen LogP contribution in [0.1, 0.15) is 29.7 Å². The molecule has 1 aromatic heterocycles. The first-order valence-corrected chi connectivity index (χ1v) is 6.47. The van der Waals surface area contributed by atoms with E-state index in [4.69, 9.17) is 4.74 Å². The Morgan fingerprint density at radius 3 is 2.63 bits per heavy atom. The fourth-order valence-electron chi connectivity index (χ4n) is 1.95. The number of nitrogens with zero attached hydrogens (tertiary/aromatic N) is 1. The van der Waals surface area contributed by atoms with Gasteiger partial charge in [0.05, 0.1) is 12.7 Å². The molecule has 0 aliphatic rings. The smallest absolute Gasteiger partial charge is 0.125 e. The zero-order valence-electron chi connectivity index (χ0n) is 11.3. The minimum absolute atomic E-state index is 0.518. The number of ether oxygens (including phenoxy) is 1. The molecule has 3 nitrogen and oxygen atoms in total. The molecule has 0 fully saturated rings. The summed E-state index contributed by atoms with van der Waals surface area (Å²) in [6, 6.07) is 9.84. The van der Waals surface area contributed by atoms with Gasteiger partial charge in [-0.1, -0.05) is 11.6 Å². The number of aliphatic hydroxyl groups excluding tert-OH is 1. The van der Waals surface area contributed by atoms with Gasteiger partial charge in [0.25, 0.3) is 0 Å². The Hall–Kier alpha value is -1.87. The molecule has 3 heteroatoms. The molecule has 0 saturated carbocycles. The van der Waals surface area contributed by atoms with Gasteiger partial charge in [-0.25, -0.2) is 0 Å². The summed E-state index contributed by atoms with van der Waals surface area (Å²) in [6.45, 7) is 4.35. The average molecular weight is 257 g/mol. The van der Waals surface area contributed by atoms with Crippen molar-refractivity contribution in [1.82, 2.24) is 4.98 Å². The minimum Gasteiger partial charge on any atom is -0.493 e. The molecule has 0 amide bonds. The zero-order chi connectivity index (χ0) is 13.7. The molecule has 0 aliphatic heterocycles. The van der Waals surface area contributed by atoms with E-state index in [-0.39, 0.29) is 0 Å². The third-order valence-electron chi connectivity index (χ3n) is 3.01. The van der Waals surface area contributed by atoms with Crippen molar-refractivity contribution in [1.29, 1.82) is 0 Å². The molecule has 2 aromatic rings. The Morgan fingerprint density at radius 2 is 1.95 bits per heavy atom. The fraction of sp³-hybridized carbons (Fsp3) is 0.312. The van der Waals surface area contributed by atoms with Gasteiger partial charge in [0.1, 0.15) is 5.75 Å². The molecule has 19 heavy (non-hydrogen) atoms. The molecule has 1 aromatic carbocycles. The highest BCUT2D eigenvalue weighted by molar-refractivity contribution is 5.38. The molecule has 0 bridgehead atoms. The van der Waals surface area contributed by atoms with Crippen LogP contribution in [0.15, 0.2) is 42.7 Å². The summed E-state index contributed by atoms with van der Waals surface area (Å²) in [6.07, 6.45) is 3.87. The first kappa shape index (κ1) is 13.6. The van der Waals surface area contributed by atoms with E-state index in [2.05, 4.69) is 4.98 Å². The molecule has 0 radical (unpaired) electrons. The Balaban J connectivity index is 2.00. The maximum Gasteiger partial charge on any atom is 0.125 e. The number of rotatable bonds is 5. The number of pyridine rings is 1. The number of benzene rings is 1. The molecular formula is C16H19NO2. The van der Waals surface area contributed by atoms with Crippen LogP contribution in [0.4, 0.5) is 0 Å². The van der Waals surface area contributed by atoms with Crippen LogP contribution in [-0.2, 0) is 6.42 Å². The van der Waals surface area contributed by atoms with Crippen molar-refractivity contribution in [2.45, 2.75) is 26.4 Å². The predicted molar refractivity (Wildman–Crippen MR) is 75.2 cm³/mol. The highest BCUT2D eigenvalue weighted by Crippen LogP contribution is 2.26. The second-order valence-corrected chi connectivity index (χ2v) is 4.67. The summed E-state index contributed by atoms with van der Waals surface area (Å²) in [5, 5.41) is 9.76. The van der Waals surface area contributed by atoms with Crippen molar-refractivity contribution in [3.05, 3.63) is 59.4 Å². The van der Waals surface area contributed by atoms with Crippen LogP contribution in [0.2, 0.25) is 0 Å². The maximum atomic E-state index is 9.76. The summed E-state index contributed by atoms with van der Waals surface area (Å²) < 4.78 is 5.78. The summed E-state index contributed by atoms with van der Waals surface area (Å²) in [5.41, 5.74) is 3.16. The molecular weight excluding hydrogens is 238 g/mol. The molecule has 1 unspecified atom stereocenters. The SMILES string of the molecule is Cc1ccc(OCCc2ccncc2)c(C(C)O)c1. The van der Waals surface area contributed by atoms with Crippen LogP contribution in [0.3, 0.4) is 0 Å². The van der Waals surface area contributed by atoms with Crippen molar-refractivity contribution in [3.63, 3.8) is 0 Å². The largest absolute Gasteiger partial charge is 0.493 e. The van der Waals surface area contributed by atoms with Crippen molar-refractivity contribution in [3.8, 4) is 5.75 Å². The van der Waals surface area contributed by atoms with Crippen LogP contribution in [0.5, 0.6) is 5.75 Å². The summed E-state index contributed by atoms with van der Waals surface area (Å²) >= 11 is 0. The first-order valence-electron chi connectivity index (χ1n) is 6.47. The molecule has 1 atom stereocenters. The van der Waals surface area contributed by atoms with E-state index in [0.717, 1.165) is 23.3 Å². The van der Waals surface area contributed by atoms with E-state index in [1.807, 2.05) is 37.3 Å². The highest BCUT2D eigenvalue weighted by Gasteiger charge is 2.09. The van der Waals surface area contributed by atoms with E-state index >= 15 is 0 Å². The second kappa shape index (κ2) is 6.34. The number of hydrogen-bond donors (Lipinski definition) is 1. The molecule has 0 aliphatic carbocycles. The molecule has 100 valence electrons. The molecule has 0 spiro atoms. The van der Waals surface area contributed by atoms with Gasteiger partial charge in [0.15, 0.2) is 0 Å². The number of hydrogen-bond acceptors (Lipinski definition) is 3. The van der Waals surface area contributed by atoms with E-state index in [1.165, 1.54) is 5.56 Å². The Labute approximate surface area is 113 Å². The third kappa shape index (κ3) is 3.80. The lowest BCUT2D eigenvalue weighted by molar-refractivity contribution is 0.191. The van der Waals surface area contributed by atoms with Gasteiger partial charge >= 0.3 is 0 Å². The van der Waals surface area contributed by atoms with E-state index in [0.29, 0.717) is 6.61 Å². The van der Waals surface area contributed by atoms with E-state index in [9.17, 15) is 5.11 Å². The fourth-order valence-corrected chi connectivity index (χ4v) is 1.95. The van der Waals surface area contributed by atoms with Crippen LogP contribution in [0.25, 0.3) is 0 Å². The second-order valence-electron chi connectivity index (χ2n) is 4.67. The Kier molecular flexibility index (Phi) is 4.53. The standard InChI is InChI=1S/C16H19NO2/c1-12-3-4-16(15(11-12)13(2)18)19-10-7-14-5-8-17-9-6-14/h3-6,8-9,11,13,18H,7,10H2,1-2H3. The molecule has 1 heterocycles. The quantitative estimate of drug-likeness (QED) is 0.895. The maximum absolute atomic E-state index is 9.76. The highest BCUT2D eigenvalue weighted by atomic mass is 16.5. The predicted octanol–water partition coefficient (Wildman–Crippen LogP) is 3.06. The van der Waals surface area contributed by atoms with Gasteiger partial charge < -0.3 is 9.84 Å². The van der Waals surface area contributed by atoms with Crippen molar-refractivity contribution < 1.29 is 9.84 Å². The van der Waals surface area contributed by atoms with Gasteiger partial charge in [0, 0.05) is 24.4 Å². The first-order chi connectivity index (χ1) is 9.16. The lowest BCUT2D eigenvalue weighted by atomic mass is 10.1. The van der Waals surface area contributed by atoms with Crippen molar-refractivity contribution in [2.24, 2.45) is 0 Å². The van der Waals surface area contributed by atoms with Crippen molar-refractivity contribution >= 4 is 0 Å². The summed E-state index contributed by atoms with van der Waals surface area (Å²) in [7, 11) is 0. The minimum atomic E-state index is -0.518. The van der Waals surface area contributed by atoms with E-state index in [1.54, 1.807) is 19.3 Å². The van der Waals surface area contributed by atoms with Gasteiger partial charge in [-0.15, -0.1) is 0 Å². The number of aryl methyl sites for hydroxylation is 1. The topological polar surface area (TPSA) is 42.4 Å².